The maximum absolute atomic E-state index is 9.32. The minimum Gasteiger partial charge on any atom is -0.506 e. The van der Waals surface area contributed by atoms with Crippen LogP contribution in [0.25, 0.3) is 0 Å². The number of hydrogen-bond donors (Lipinski definition) is 2. The summed E-state index contributed by atoms with van der Waals surface area (Å²) in [5.41, 5.74) is 0.866. The normalized spacial score (nSPS) is 12.4. The van der Waals surface area contributed by atoms with E-state index in [-0.39, 0.29) is 11.8 Å². The third kappa shape index (κ3) is 3.06. The lowest BCUT2D eigenvalue weighted by Crippen LogP contribution is -2.04. The second-order valence-electron chi connectivity index (χ2n) is 3.67. The van der Waals surface area contributed by atoms with Gasteiger partial charge < -0.3 is 10.4 Å². The minimum absolute atomic E-state index is 0.0871. The summed E-state index contributed by atoms with van der Waals surface area (Å²) in [4.78, 5) is 1.15. The molecule has 90 valence electrons. The molecule has 0 amide bonds. The first kappa shape index (κ1) is 12.6. The topological polar surface area (TPSA) is 32.3 Å². The fourth-order valence-corrected chi connectivity index (χ4v) is 2.72. The van der Waals surface area contributed by atoms with Crippen LogP contribution in [0.2, 0.25) is 9.36 Å². The van der Waals surface area contributed by atoms with Gasteiger partial charge in [0, 0.05) is 10.6 Å². The van der Waals surface area contributed by atoms with Crippen LogP contribution in [0.5, 0.6) is 5.75 Å². The van der Waals surface area contributed by atoms with E-state index in [9.17, 15) is 5.11 Å². The van der Waals surface area contributed by atoms with Crippen LogP contribution in [-0.2, 0) is 0 Å². The number of nitrogens with one attached hydrogen (secondary N) is 1. The van der Waals surface area contributed by atoms with Crippen molar-refractivity contribution in [3.63, 3.8) is 0 Å². The molecule has 1 aromatic carbocycles. The number of rotatable bonds is 3. The standard InChI is InChI=1S/C12H11Cl2NOS/c1-7(11-4-5-12(14)17-11)15-8-2-3-10(16)9(13)6-8/h2-7,15-16H,1H3. The predicted octanol–water partition coefficient (Wildman–Crippen LogP) is 4.93. The van der Waals surface area contributed by atoms with Crippen molar-refractivity contribution in [2.75, 3.05) is 5.32 Å². The van der Waals surface area contributed by atoms with E-state index in [0.717, 1.165) is 14.9 Å². The Balaban J connectivity index is 2.12. The number of phenolic OH excluding ortho intramolecular Hbond substituents is 1. The summed E-state index contributed by atoms with van der Waals surface area (Å²) in [5, 5.41) is 13.0. The Kier molecular flexibility index (Phi) is 3.82. The second kappa shape index (κ2) is 5.17. The molecular formula is C12H11Cl2NOS. The summed E-state index contributed by atoms with van der Waals surface area (Å²) in [7, 11) is 0. The maximum Gasteiger partial charge on any atom is 0.134 e. The number of anilines is 1. The van der Waals surface area contributed by atoms with Gasteiger partial charge in [0.2, 0.25) is 0 Å². The zero-order valence-electron chi connectivity index (χ0n) is 9.08. The van der Waals surface area contributed by atoms with Crippen LogP contribution in [0.1, 0.15) is 17.8 Å². The second-order valence-corrected chi connectivity index (χ2v) is 5.83. The number of benzene rings is 1. The molecule has 1 atom stereocenters. The first-order chi connectivity index (χ1) is 8.06. The Morgan fingerprint density at radius 2 is 2.00 bits per heavy atom. The lowest BCUT2D eigenvalue weighted by atomic mass is 10.2. The van der Waals surface area contributed by atoms with Crippen molar-refractivity contribution in [1.29, 1.82) is 0 Å². The monoisotopic (exact) mass is 287 g/mol. The molecule has 2 rings (SSSR count). The molecule has 17 heavy (non-hydrogen) atoms. The average molecular weight is 288 g/mol. The van der Waals surface area contributed by atoms with Crippen LogP contribution in [0.15, 0.2) is 30.3 Å². The molecule has 0 saturated heterocycles. The van der Waals surface area contributed by atoms with Crippen LogP contribution in [0.4, 0.5) is 5.69 Å². The predicted molar refractivity (Wildman–Crippen MR) is 74.5 cm³/mol. The molecule has 0 aliphatic heterocycles. The Labute approximate surface area is 114 Å². The van der Waals surface area contributed by atoms with Crippen LogP contribution < -0.4 is 5.32 Å². The molecule has 0 aliphatic carbocycles. The summed E-state index contributed by atoms with van der Waals surface area (Å²) >= 11 is 13.3. The molecule has 1 heterocycles. The van der Waals surface area contributed by atoms with E-state index in [4.69, 9.17) is 23.2 Å². The molecule has 0 fully saturated rings. The Morgan fingerprint density at radius 3 is 2.59 bits per heavy atom. The summed E-state index contributed by atoms with van der Waals surface area (Å²) in [6.07, 6.45) is 0. The lowest BCUT2D eigenvalue weighted by Gasteiger charge is -2.14. The first-order valence-corrected chi connectivity index (χ1v) is 6.64. The van der Waals surface area contributed by atoms with Gasteiger partial charge in [0.1, 0.15) is 5.75 Å². The largest absolute Gasteiger partial charge is 0.506 e. The van der Waals surface area contributed by atoms with E-state index in [1.165, 1.54) is 0 Å². The van der Waals surface area contributed by atoms with Gasteiger partial charge in [0.25, 0.3) is 0 Å². The van der Waals surface area contributed by atoms with Crippen molar-refractivity contribution in [3.8, 4) is 5.75 Å². The third-order valence-corrected chi connectivity index (χ3v) is 4.07. The summed E-state index contributed by atoms with van der Waals surface area (Å²) in [6.45, 7) is 2.04. The molecule has 0 saturated carbocycles. The number of aromatic hydroxyl groups is 1. The SMILES string of the molecule is CC(Nc1ccc(O)c(Cl)c1)c1ccc(Cl)s1. The van der Waals surface area contributed by atoms with Crippen molar-refractivity contribution in [3.05, 3.63) is 44.6 Å². The van der Waals surface area contributed by atoms with Crippen LogP contribution in [-0.4, -0.2) is 5.11 Å². The smallest absolute Gasteiger partial charge is 0.134 e. The number of phenols is 1. The summed E-state index contributed by atoms with van der Waals surface area (Å²) in [6, 6.07) is 9.07. The quantitative estimate of drug-likeness (QED) is 0.784. The zero-order valence-corrected chi connectivity index (χ0v) is 11.4. The molecule has 0 spiro atoms. The molecule has 5 heteroatoms. The van der Waals surface area contributed by atoms with Gasteiger partial charge in [-0.1, -0.05) is 23.2 Å². The van der Waals surface area contributed by atoms with Gasteiger partial charge in [-0.3, -0.25) is 0 Å². The van der Waals surface area contributed by atoms with E-state index in [2.05, 4.69) is 5.32 Å². The van der Waals surface area contributed by atoms with Crippen LogP contribution in [0, 0.1) is 0 Å². The van der Waals surface area contributed by atoms with Crippen molar-refractivity contribution >= 4 is 40.2 Å². The first-order valence-electron chi connectivity index (χ1n) is 5.06. The van der Waals surface area contributed by atoms with E-state index >= 15 is 0 Å². The van der Waals surface area contributed by atoms with Gasteiger partial charge in [-0.25, -0.2) is 0 Å². The summed E-state index contributed by atoms with van der Waals surface area (Å²) < 4.78 is 0.775. The van der Waals surface area contributed by atoms with E-state index in [1.54, 1.807) is 29.5 Å². The van der Waals surface area contributed by atoms with Gasteiger partial charge in [0.05, 0.1) is 15.4 Å². The Hall–Kier alpha value is -0.900. The van der Waals surface area contributed by atoms with Gasteiger partial charge in [-0.05, 0) is 37.3 Å². The highest BCUT2D eigenvalue weighted by molar-refractivity contribution is 7.16. The fraction of sp³-hybridized carbons (Fsp3) is 0.167. The lowest BCUT2D eigenvalue weighted by molar-refractivity contribution is 0.475. The average Bonchev–Trinajstić information content (AvgIpc) is 2.70. The maximum atomic E-state index is 9.32. The molecular weight excluding hydrogens is 277 g/mol. The van der Waals surface area contributed by atoms with Gasteiger partial charge in [0.15, 0.2) is 0 Å². The van der Waals surface area contributed by atoms with Crippen molar-refractivity contribution in [2.45, 2.75) is 13.0 Å². The van der Waals surface area contributed by atoms with Crippen molar-refractivity contribution in [2.24, 2.45) is 0 Å². The zero-order chi connectivity index (χ0) is 12.4. The van der Waals surface area contributed by atoms with Crippen molar-refractivity contribution < 1.29 is 5.11 Å². The van der Waals surface area contributed by atoms with Crippen LogP contribution >= 0.6 is 34.5 Å². The molecule has 1 aromatic heterocycles. The molecule has 0 bridgehead atoms. The molecule has 0 radical (unpaired) electrons. The fourth-order valence-electron chi connectivity index (χ4n) is 1.48. The highest BCUT2D eigenvalue weighted by Crippen LogP contribution is 2.31. The number of thiophene rings is 1. The van der Waals surface area contributed by atoms with E-state index in [0.29, 0.717) is 5.02 Å². The highest BCUT2D eigenvalue weighted by atomic mass is 35.5. The van der Waals surface area contributed by atoms with Crippen LogP contribution in [0.3, 0.4) is 0 Å². The van der Waals surface area contributed by atoms with Gasteiger partial charge >= 0.3 is 0 Å². The Morgan fingerprint density at radius 1 is 1.24 bits per heavy atom. The molecule has 1 unspecified atom stereocenters. The molecule has 0 aliphatic rings. The van der Waals surface area contributed by atoms with Gasteiger partial charge in [-0.2, -0.15) is 0 Å². The number of halogens is 2. The van der Waals surface area contributed by atoms with Crippen molar-refractivity contribution in [1.82, 2.24) is 0 Å². The summed E-state index contributed by atoms with van der Waals surface area (Å²) in [5.74, 6) is 0.0871. The highest BCUT2D eigenvalue weighted by Gasteiger charge is 2.09. The van der Waals surface area contributed by atoms with E-state index < -0.39 is 0 Å². The third-order valence-electron chi connectivity index (χ3n) is 2.35. The minimum atomic E-state index is 0.0871. The Bertz CT molecular complexity index is 527. The molecule has 2 N–H and O–H groups in total. The molecule has 2 aromatic rings. The van der Waals surface area contributed by atoms with Gasteiger partial charge in [-0.15, -0.1) is 11.3 Å². The van der Waals surface area contributed by atoms with E-state index in [1.807, 2.05) is 19.1 Å². The number of hydrogen-bond acceptors (Lipinski definition) is 3. The molecule has 2 nitrogen and oxygen atoms in total.